The van der Waals surface area contributed by atoms with Crippen LogP contribution < -0.4 is 5.32 Å². The number of nitrogens with zero attached hydrogens (tertiary/aromatic N) is 4. The number of rotatable bonds is 7. The van der Waals surface area contributed by atoms with Gasteiger partial charge >= 0.3 is 0 Å². The largest absolute Gasteiger partial charge is 0.376 e. The summed E-state index contributed by atoms with van der Waals surface area (Å²) in [6.07, 6.45) is 4.04. The van der Waals surface area contributed by atoms with Crippen molar-refractivity contribution >= 4 is 5.91 Å². The van der Waals surface area contributed by atoms with Gasteiger partial charge in [-0.05, 0) is 33.7 Å². The molecule has 1 saturated heterocycles. The van der Waals surface area contributed by atoms with Crippen molar-refractivity contribution in [2.75, 3.05) is 26.7 Å². The normalized spacial score (nSPS) is 18.6. The van der Waals surface area contributed by atoms with Crippen LogP contribution in [0.4, 0.5) is 0 Å². The van der Waals surface area contributed by atoms with Crippen LogP contribution >= 0.6 is 0 Å². The molecule has 1 fully saturated rings. The van der Waals surface area contributed by atoms with Gasteiger partial charge in [0.05, 0.1) is 19.2 Å². The van der Waals surface area contributed by atoms with Crippen LogP contribution in [0.25, 0.3) is 0 Å². The zero-order valence-corrected chi connectivity index (χ0v) is 13.1. The second-order valence-corrected chi connectivity index (χ2v) is 5.86. The lowest BCUT2D eigenvalue weighted by Gasteiger charge is -2.18. The number of hydrogen-bond acceptors (Lipinski definition) is 5. The van der Waals surface area contributed by atoms with E-state index in [1.807, 2.05) is 16.5 Å². The highest BCUT2D eigenvalue weighted by Crippen LogP contribution is 2.10. The second-order valence-electron chi connectivity index (χ2n) is 5.86. The van der Waals surface area contributed by atoms with Gasteiger partial charge in [-0.2, -0.15) is 0 Å². The summed E-state index contributed by atoms with van der Waals surface area (Å²) in [4.78, 5) is 13.8. The summed E-state index contributed by atoms with van der Waals surface area (Å²) in [5.41, 5.74) is 0. The van der Waals surface area contributed by atoms with Gasteiger partial charge in [0.25, 0.3) is 0 Å². The number of ether oxygens (including phenoxy) is 1. The molecule has 1 atom stereocenters. The molecule has 7 nitrogen and oxygen atoms in total. The highest BCUT2D eigenvalue weighted by molar-refractivity contribution is 5.77. The molecule has 0 aromatic carbocycles. The van der Waals surface area contributed by atoms with Crippen molar-refractivity contribution < 1.29 is 9.53 Å². The monoisotopic (exact) mass is 295 g/mol. The fourth-order valence-electron chi connectivity index (χ4n) is 2.44. The van der Waals surface area contributed by atoms with E-state index < -0.39 is 0 Å². The van der Waals surface area contributed by atoms with E-state index in [4.69, 9.17) is 4.74 Å². The Balaban J connectivity index is 1.74. The van der Waals surface area contributed by atoms with Crippen molar-refractivity contribution in [3.8, 4) is 0 Å². The summed E-state index contributed by atoms with van der Waals surface area (Å²) in [5, 5.41) is 11.0. The van der Waals surface area contributed by atoms with Crippen LogP contribution in [0.5, 0.6) is 0 Å². The Hall–Kier alpha value is -1.47. The van der Waals surface area contributed by atoms with Crippen LogP contribution in [-0.2, 0) is 16.1 Å². The molecule has 2 rings (SSSR count). The molecule has 118 valence electrons. The van der Waals surface area contributed by atoms with Gasteiger partial charge in [0.15, 0.2) is 0 Å². The van der Waals surface area contributed by atoms with E-state index in [0.29, 0.717) is 25.7 Å². The lowest BCUT2D eigenvalue weighted by molar-refractivity contribution is -0.122. The van der Waals surface area contributed by atoms with Crippen LogP contribution in [0.2, 0.25) is 0 Å². The summed E-state index contributed by atoms with van der Waals surface area (Å²) in [6, 6.07) is 0.316. The van der Waals surface area contributed by atoms with E-state index in [1.165, 1.54) is 0 Å². The third kappa shape index (κ3) is 4.78. The van der Waals surface area contributed by atoms with Gasteiger partial charge in [0.1, 0.15) is 12.2 Å². The Bertz CT molecular complexity index is 454. The van der Waals surface area contributed by atoms with Crippen molar-refractivity contribution in [3.63, 3.8) is 0 Å². The molecule has 0 saturated carbocycles. The van der Waals surface area contributed by atoms with Gasteiger partial charge in [0.2, 0.25) is 5.91 Å². The van der Waals surface area contributed by atoms with Gasteiger partial charge in [-0.15, -0.1) is 10.2 Å². The lowest BCUT2D eigenvalue weighted by Crippen LogP contribution is -2.38. The van der Waals surface area contributed by atoms with Gasteiger partial charge in [0, 0.05) is 19.2 Å². The first-order chi connectivity index (χ1) is 10.1. The zero-order valence-electron chi connectivity index (χ0n) is 13.1. The molecule has 7 heteroatoms. The fourth-order valence-corrected chi connectivity index (χ4v) is 2.44. The van der Waals surface area contributed by atoms with E-state index in [1.54, 1.807) is 6.33 Å². The highest BCUT2D eigenvalue weighted by atomic mass is 16.5. The predicted octanol–water partition coefficient (Wildman–Crippen LogP) is 0.586. The lowest BCUT2D eigenvalue weighted by atomic mass is 10.2. The summed E-state index contributed by atoms with van der Waals surface area (Å²) in [7, 11) is 1.91. The van der Waals surface area contributed by atoms with E-state index in [9.17, 15) is 4.79 Å². The number of aromatic nitrogens is 3. The van der Waals surface area contributed by atoms with Crippen LogP contribution in [-0.4, -0.2) is 58.4 Å². The molecule has 2 heterocycles. The summed E-state index contributed by atoms with van der Waals surface area (Å²) >= 11 is 0. The number of carbonyl (C=O) groups is 1. The second kappa shape index (κ2) is 7.51. The average Bonchev–Trinajstić information content (AvgIpc) is 3.06. The predicted molar refractivity (Wildman–Crippen MR) is 78.7 cm³/mol. The van der Waals surface area contributed by atoms with Gasteiger partial charge in [-0.3, -0.25) is 9.69 Å². The van der Waals surface area contributed by atoms with Crippen molar-refractivity contribution in [1.82, 2.24) is 25.0 Å². The minimum absolute atomic E-state index is 0.0172. The highest BCUT2D eigenvalue weighted by Gasteiger charge is 2.17. The summed E-state index contributed by atoms with van der Waals surface area (Å²) < 4.78 is 7.50. The molecular formula is C14H25N5O2. The number of nitrogens with one attached hydrogen (secondary N) is 1. The molecule has 1 unspecified atom stereocenters. The Morgan fingerprint density at radius 3 is 3.10 bits per heavy atom. The maximum Gasteiger partial charge on any atom is 0.234 e. The van der Waals surface area contributed by atoms with Gasteiger partial charge < -0.3 is 14.6 Å². The summed E-state index contributed by atoms with van der Waals surface area (Å²) in [6.45, 7) is 6.53. The van der Waals surface area contributed by atoms with E-state index in [0.717, 1.165) is 25.3 Å². The minimum atomic E-state index is 0.0172. The molecule has 0 radical (unpaired) electrons. The fraction of sp³-hybridized carbons (Fsp3) is 0.786. The maximum absolute atomic E-state index is 11.9. The third-order valence-electron chi connectivity index (χ3n) is 3.58. The number of carbonyl (C=O) groups excluding carboxylic acids is 1. The van der Waals surface area contributed by atoms with Crippen LogP contribution in [0.15, 0.2) is 6.33 Å². The molecule has 1 aliphatic heterocycles. The summed E-state index contributed by atoms with van der Waals surface area (Å²) in [5.74, 6) is 0.892. The standard InChI is InChI=1S/C14H25N5O2/c1-11(2)19-10-16-17-13(19)8-18(3)9-14(20)15-7-12-5-4-6-21-12/h10-12H,4-9H2,1-3H3,(H,15,20). The molecule has 21 heavy (non-hydrogen) atoms. The molecule has 0 bridgehead atoms. The molecule has 1 aromatic heterocycles. The molecule has 1 aromatic rings. The smallest absolute Gasteiger partial charge is 0.234 e. The van der Waals surface area contributed by atoms with Crippen molar-refractivity contribution in [2.24, 2.45) is 0 Å². The maximum atomic E-state index is 11.9. The van der Waals surface area contributed by atoms with E-state index in [-0.39, 0.29) is 12.0 Å². The first-order valence-electron chi connectivity index (χ1n) is 7.51. The third-order valence-corrected chi connectivity index (χ3v) is 3.58. The van der Waals surface area contributed by atoms with Crippen molar-refractivity contribution in [1.29, 1.82) is 0 Å². The van der Waals surface area contributed by atoms with E-state index in [2.05, 4.69) is 29.4 Å². The Morgan fingerprint density at radius 2 is 2.43 bits per heavy atom. The zero-order chi connectivity index (χ0) is 15.2. The van der Waals surface area contributed by atoms with Crippen LogP contribution in [0.1, 0.15) is 38.6 Å². The first kappa shape index (κ1) is 15.9. The van der Waals surface area contributed by atoms with Crippen LogP contribution in [0.3, 0.4) is 0 Å². The number of hydrogen-bond donors (Lipinski definition) is 1. The molecular weight excluding hydrogens is 270 g/mol. The quantitative estimate of drug-likeness (QED) is 0.797. The first-order valence-corrected chi connectivity index (χ1v) is 7.51. The van der Waals surface area contributed by atoms with Crippen LogP contribution in [0, 0.1) is 0 Å². The Kier molecular flexibility index (Phi) is 5.69. The minimum Gasteiger partial charge on any atom is -0.376 e. The SMILES string of the molecule is CC(C)n1cnnc1CN(C)CC(=O)NCC1CCCO1. The van der Waals surface area contributed by atoms with Crippen molar-refractivity contribution in [3.05, 3.63) is 12.2 Å². The van der Waals surface area contributed by atoms with Crippen molar-refractivity contribution in [2.45, 2.75) is 45.4 Å². The topological polar surface area (TPSA) is 72.3 Å². The average molecular weight is 295 g/mol. The molecule has 1 amide bonds. The number of amides is 1. The number of likely N-dealkylation sites (N-methyl/N-ethyl adjacent to an activating group) is 1. The Morgan fingerprint density at radius 1 is 1.62 bits per heavy atom. The van der Waals surface area contributed by atoms with Gasteiger partial charge in [-0.25, -0.2) is 0 Å². The van der Waals surface area contributed by atoms with Gasteiger partial charge in [-0.1, -0.05) is 0 Å². The van der Waals surface area contributed by atoms with E-state index >= 15 is 0 Å². The molecule has 1 aliphatic rings. The Labute approximate surface area is 125 Å². The molecule has 1 N–H and O–H groups in total. The molecule has 0 aliphatic carbocycles. The molecule has 0 spiro atoms.